The average molecular weight is 267 g/mol. The standard InChI is InChI=1S/C16H23F2N/c1-4-12-5-8-16(10(12)2)19-11(3)14-7-6-13(17)9-15(14)18/h6-7,9-12,16,19H,4-5,8H2,1-3H3. The van der Waals surface area contributed by atoms with Gasteiger partial charge in [-0.3, -0.25) is 0 Å². The molecule has 4 atom stereocenters. The van der Waals surface area contributed by atoms with Gasteiger partial charge in [-0.25, -0.2) is 8.78 Å². The molecule has 0 aromatic heterocycles. The first kappa shape index (κ1) is 14.4. The lowest BCUT2D eigenvalue weighted by Gasteiger charge is -2.25. The van der Waals surface area contributed by atoms with E-state index in [-0.39, 0.29) is 6.04 Å². The molecule has 1 N–H and O–H groups in total. The summed E-state index contributed by atoms with van der Waals surface area (Å²) in [4.78, 5) is 0. The van der Waals surface area contributed by atoms with Crippen molar-refractivity contribution in [3.63, 3.8) is 0 Å². The lowest BCUT2D eigenvalue weighted by Crippen LogP contribution is -2.35. The molecule has 0 saturated heterocycles. The number of rotatable bonds is 4. The van der Waals surface area contributed by atoms with E-state index in [1.807, 2.05) is 6.92 Å². The lowest BCUT2D eigenvalue weighted by atomic mass is 9.93. The molecule has 4 unspecified atom stereocenters. The number of benzene rings is 1. The molecule has 1 nitrogen and oxygen atoms in total. The largest absolute Gasteiger partial charge is 0.307 e. The van der Waals surface area contributed by atoms with Gasteiger partial charge in [-0.2, -0.15) is 0 Å². The van der Waals surface area contributed by atoms with Crippen LogP contribution in [0.5, 0.6) is 0 Å². The van der Waals surface area contributed by atoms with Gasteiger partial charge in [-0.1, -0.05) is 26.3 Å². The lowest BCUT2D eigenvalue weighted by molar-refractivity contribution is 0.325. The Balaban J connectivity index is 2.03. The third-order valence-electron chi connectivity index (χ3n) is 4.64. The van der Waals surface area contributed by atoms with Crippen molar-refractivity contribution in [2.75, 3.05) is 0 Å². The Kier molecular flexibility index (Phi) is 4.56. The molecular weight excluding hydrogens is 244 g/mol. The molecule has 1 aromatic carbocycles. The maximum absolute atomic E-state index is 13.7. The van der Waals surface area contributed by atoms with Gasteiger partial charge in [-0.15, -0.1) is 0 Å². The second-order valence-corrected chi connectivity index (χ2v) is 5.77. The highest BCUT2D eigenvalue weighted by molar-refractivity contribution is 5.21. The first-order chi connectivity index (χ1) is 9.02. The van der Waals surface area contributed by atoms with Crippen LogP contribution in [0.15, 0.2) is 18.2 Å². The zero-order valence-electron chi connectivity index (χ0n) is 11.9. The van der Waals surface area contributed by atoms with Crippen molar-refractivity contribution < 1.29 is 8.78 Å². The topological polar surface area (TPSA) is 12.0 Å². The van der Waals surface area contributed by atoms with Crippen molar-refractivity contribution >= 4 is 0 Å². The normalized spacial score (nSPS) is 28.6. The quantitative estimate of drug-likeness (QED) is 0.850. The molecule has 1 aliphatic rings. The summed E-state index contributed by atoms with van der Waals surface area (Å²) in [6.45, 7) is 6.45. The monoisotopic (exact) mass is 267 g/mol. The van der Waals surface area contributed by atoms with Crippen LogP contribution in [0, 0.1) is 23.5 Å². The minimum atomic E-state index is -0.520. The molecule has 106 valence electrons. The fourth-order valence-electron chi connectivity index (χ4n) is 3.32. The van der Waals surface area contributed by atoms with Gasteiger partial charge in [0.1, 0.15) is 11.6 Å². The summed E-state index contributed by atoms with van der Waals surface area (Å²) >= 11 is 0. The van der Waals surface area contributed by atoms with E-state index in [2.05, 4.69) is 19.2 Å². The van der Waals surface area contributed by atoms with E-state index in [1.165, 1.54) is 18.9 Å². The van der Waals surface area contributed by atoms with E-state index in [0.29, 0.717) is 17.5 Å². The Bertz CT molecular complexity index is 433. The van der Waals surface area contributed by atoms with Crippen molar-refractivity contribution in [1.82, 2.24) is 5.32 Å². The van der Waals surface area contributed by atoms with Gasteiger partial charge in [0.2, 0.25) is 0 Å². The molecule has 0 bridgehead atoms. The fraction of sp³-hybridized carbons (Fsp3) is 0.625. The van der Waals surface area contributed by atoms with E-state index in [1.54, 1.807) is 6.07 Å². The first-order valence-corrected chi connectivity index (χ1v) is 7.24. The highest BCUT2D eigenvalue weighted by Crippen LogP contribution is 2.35. The second kappa shape index (κ2) is 6.00. The molecule has 2 rings (SSSR count). The second-order valence-electron chi connectivity index (χ2n) is 5.77. The van der Waals surface area contributed by atoms with E-state index in [0.717, 1.165) is 18.4 Å². The molecule has 19 heavy (non-hydrogen) atoms. The van der Waals surface area contributed by atoms with Crippen LogP contribution in [0.4, 0.5) is 8.78 Å². The Morgan fingerprint density at radius 1 is 1.32 bits per heavy atom. The Morgan fingerprint density at radius 2 is 2.05 bits per heavy atom. The zero-order valence-corrected chi connectivity index (χ0v) is 11.9. The van der Waals surface area contributed by atoms with Crippen molar-refractivity contribution in [1.29, 1.82) is 0 Å². The van der Waals surface area contributed by atoms with Crippen LogP contribution in [0.1, 0.15) is 51.6 Å². The van der Waals surface area contributed by atoms with Crippen LogP contribution in [0.2, 0.25) is 0 Å². The third-order valence-corrected chi connectivity index (χ3v) is 4.64. The summed E-state index contributed by atoms with van der Waals surface area (Å²) in [5.74, 6) is 0.408. The summed E-state index contributed by atoms with van der Waals surface area (Å²) in [6, 6.07) is 4.18. The maximum atomic E-state index is 13.7. The van der Waals surface area contributed by atoms with Gasteiger partial charge >= 0.3 is 0 Å². The van der Waals surface area contributed by atoms with Gasteiger partial charge in [0, 0.05) is 23.7 Å². The number of nitrogens with one attached hydrogen (secondary N) is 1. The Morgan fingerprint density at radius 3 is 2.63 bits per heavy atom. The minimum absolute atomic E-state index is 0.0799. The van der Waals surface area contributed by atoms with E-state index in [9.17, 15) is 8.78 Å². The van der Waals surface area contributed by atoms with Crippen LogP contribution < -0.4 is 5.32 Å². The molecule has 1 saturated carbocycles. The average Bonchev–Trinajstić information content (AvgIpc) is 2.70. The molecule has 1 aromatic rings. The van der Waals surface area contributed by atoms with Crippen LogP contribution in [-0.2, 0) is 0 Å². The summed E-state index contributed by atoms with van der Waals surface area (Å²) < 4.78 is 26.6. The van der Waals surface area contributed by atoms with Gasteiger partial charge in [0.05, 0.1) is 0 Å². The van der Waals surface area contributed by atoms with Crippen molar-refractivity contribution in [2.24, 2.45) is 11.8 Å². The smallest absolute Gasteiger partial charge is 0.130 e. The minimum Gasteiger partial charge on any atom is -0.307 e. The Hall–Kier alpha value is -0.960. The molecule has 1 fully saturated rings. The predicted molar refractivity (Wildman–Crippen MR) is 73.9 cm³/mol. The van der Waals surface area contributed by atoms with Crippen molar-refractivity contribution in [3.8, 4) is 0 Å². The summed E-state index contributed by atoms with van der Waals surface area (Å²) in [5, 5.41) is 3.51. The number of halogens is 2. The van der Waals surface area contributed by atoms with Gasteiger partial charge in [-0.05, 0) is 37.7 Å². The van der Waals surface area contributed by atoms with Crippen molar-refractivity contribution in [2.45, 2.75) is 52.1 Å². The molecule has 0 amide bonds. The van der Waals surface area contributed by atoms with E-state index < -0.39 is 11.6 Å². The SMILES string of the molecule is CCC1CCC(NC(C)c2ccc(F)cc2F)C1C. The van der Waals surface area contributed by atoms with E-state index >= 15 is 0 Å². The highest BCUT2D eigenvalue weighted by Gasteiger charge is 2.32. The van der Waals surface area contributed by atoms with Crippen LogP contribution in [-0.4, -0.2) is 6.04 Å². The summed E-state index contributed by atoms with van der Waals surface area (Å²) in [6.07, 6.45) is 3.60. The van der Waals surface area contributed by atoms with Gasteiger partial charge in [0.25, 0.3) is 0 Å². The zero-order chi connectivity index (χ0) is 14.0. The Labute approximate surface area is 114 Å². The van der Waals surface area contributed by atoms with Gasteiger partial charge < -0.3 is 5.32 Å². The number of hydrogen-bond acceptors (Lipinski definition) is 1. The molecule has 1 aliphatic carbocycles. The predicted octanol–water partition coefficient (Wildman–Crippen LogP) is 4.44. The molecule has 0 heterocycles. The van der Waals surface area contributed by atoms with E-state index in [4.69, 9.17) is 0 Å². The summed E-state index contributed by atoms with van der Waals surface area (Å²) in [7, 11) is 0. The third kappa shape index (κ3) is 3.14. The highest BCUT2D eigenvalue weighted by atomic mass is 19.1. The molecule has 3 heteroatoms. The van der Waals surface area contributed by atoms with Crippen LogP contribution in [0.25, 0.3) is 0 Å². The fourth-order valence-corrected chi connectivity index (χ4v) is 3.32. The first-order valence-electron chi connectivity index (χ1n) is 7.24. The number of hydrogen-bond donors (Lipinski definition) is 1. The van der Waals surface area contributed by atoms with Crippen LogP contribution >= 0.6 is 0 Å². The summed E-state index contributed by atoms with van der Waals surface area (Å²) in [5.41, 5.74) is 0.550. The maximum Gasteiger partial charge on any atom is 0.130 e. The van der Waals surface area contributed by atoms with Gasteiger partial charge in [0.15, 0.2) is 0 Å². The van der Waals surface area contributed by atoms with Crippen molar-refractivity contribution in [3.05, 3.63) is 35.4 Å². The molecule has 0 radical (unpaired) electrons. The molecular formula is C16H23F2N. The van der Waals surface area contributed by atoms with Crippen LogP contribution in [0.3, 0.4) is 0 Å². The molecule has 0 aliphatic heterocycles. The molecule has 0 spiro atoms.